The summed E-state index contributed by atoms with van der Waals surface area (Å²) in [4.78, 5) is 22.3. The number of amides is 1. The van der Waals surface area contributed by atoms with Crippen molar-refractivity contribution in [3.05, 3.63) is 65.5 Å². The SMILES string of the molecule is Cc1ccccc1CN(C)C(=O)[C@@H](C)c1nc2ccccc2[nH]1. The summed E-state index contributed by atoms with van der Waals surface area (Å²) < 4.78 is 0. The zero-order chi connectivity index (χ0) is 16.4. The Morgan fingerprint density at radius 1 is 1.17 bits per heavy atom. The Balaban J connectivity index is 1.77. The van der Waals surface area contributed by atoms with Crippen molar-refractivity contribution < 1.29 is 4.79 Å². The summed E-state index contributed by atoms with van der Waals surface area (Å²) in [6.07, 6.45) is 0. The van der Waals surface area contributed by atoms with E-state index in [0.29, 0.717) is 12.4 Å². The van der Waals surface area contributed by atoms with Gasteiger partial charge in [-0.2, -0.15) is 0 Å². The van der Waals surface area contributed by atoms with E-state index in [0.717, 1.165) is 11.0 Å². The van der Waals surface area contributed by atoms with Gasteiger partial charge in [-0.1, -0.05) is 36.4 Å². The first-order valence-corrected chi connectivity index (χ1v) is 7.80. The van der Waals surface area contributed by atoms with Crippen LogP contribution in [0.5, 0.6) is 0 Å². The van der Waals surface area contributed by atoms with Gasteiger partial charge < -0.3 is 9.88 Å². The molecule has 0 aliphatic rings. The second-order valence-electron chi connectivity index (χ2n) is 5.98. The van der Waals surface area contributed by atoms with Gasteiger partial charge in [0.15, 0.2) is 0 Å². The summed E-state index contributed by atoms with van der Waals surface area (Å²) >= 11 is 0. The number of likely N-dealkylation sites (N-methyl/N-ethyl adjacent to an activating group) is 1. The van der Waals surface area contributed by atoms with E-state index in [1.165, 1.54) is 11.1 Å². The molecule has 0 aliphatic heterocycles. The first-order valence-electron chi connectivity index (χ1n) is 7.80. The molecule has 118 valence electrons. The fourth-order valence-corrected chi connectivity index (χ4v) is 2.75. The second kappa shape index (κ2) is 6.24. The molecule has 0 unspecified atom stereocenters. The number of nitrogens with one attached hydrogen (secondary N) is 1. The first kappa shape index (κ1) is 15.3. The third-order valence-electron chi connectivity index (χ3n) is 4.23. The highest BCUT2D eigenvalue weighted by molar-refractivity contribution is 5.84. The summed E-state index contributed by atoms with van der Waals surface area (Å²) in [6, 6.07) is 16.0. The average Bonchev–Trinajstić information content (AvgIpc) is 2.99. The van der Waals surface area contributed by atoms with Crippen LogP contribution in [0.25, 0.3) is 11.0 Å². The summed E-state index contributed by atoms with van der Waals surface area (Å²) in [5.74, 6) is 0.483. The third-order valence-corrected chi connectivity index (χ3v) is 4.23. The van der Waals surface area contributed by atoms with E-state index in [1.54, 1.807) is 4.90 Å². The van der Waals surface area contributed by atoms with E-state index in [-0.39, 0.29) is 11.8 Å². The molecule has 4 nitrogen and oxygen atoms in total. The maximum Gasteiger partial charge on any atom is 0.233 e. The highest BCUT2D eigenvalue weighted by Gasteiger charge is 2.22. The second-order valence-corrected chi connectivity index (χ2v) is 5.98. The van der Waals surface area contributed by atoms with Crippen LogP contribution < -0.4 is 0 Å². The molecular formula is C19H21N3O. The standard InChI is InChI=1S/C19H21N3O/c1-13-8-4-5-9-15(13)12-22(3)19(23)14(2)18-20-16-10-6-7-11-17(16)21-18/h4-11,14H,12H2,1-3H3,(H,20,21)/t14-/m0/s1. The van der Waals surface area contributed by atoms with Crippen LogP contribution >= 0.6 is 0 Å². The molecule has 0 bridgehead atoms. The number of aromatic nitrogens is 2. The van der Waals surface area contributed by atoms with Crippen LogP contribution in [-0.2, 0) is 11.3 Å². The molecule has 23 heavy (non-hydrogen) atoms. The quantitative estimate of drug-likeness (QED) is 0.800. The fraction of sp³-hybridized carbons (Fsp3) is 0.263. The smallest absolute Gasteiger partial charge is 0.233 e. The Morgan fingerprint density at radius 2 is 1.87 bits per heavy atom. The number of aromatic amines is 1. The number of para-hydroxylation sites is 2. The molecule has 1 atom stereocenters. The van der Waals surface area contributed by atoms with Gasteiger partial charge in [-0.05, 0) is 37.1 Å². The van der Waals surface area contributed by atoms with Crippen molar-refractivity contribution in [3.8, 4) is 0 Å². The summed E-state index contributed by atoms with van der Waals surface area (Å²) in [6.45, 7) is 4.57. The van der Waals surface area contributed by atoms with Gasteiger partial charge in [0, 0.05) is 13.6 Å². The van der Waals surface area contributed by atoms with Crippen LogP contribution in [0, 0.1) is 6.92 Å². The van der Waals surface area contributed by atoms with Gasteiger partial charge >= 0.3 is 0 Å². The Hall–Kier alpha value is -2.62. The lowest BCUT2D eigenvalue weighted by atomic mass is 10.1. The van der Waals surface area contributed by atoms with Crippen LogP contribution in [0.3, 0.4) is 0 Å². The van der Waals surface area contributed by atoms with Gasteiger partial charge in [0.1, 0.15) is 5.82 Å². The van der Waals surface area contributed by atoms with E-state index in [1.807, 2.05) is 50.4 Å². The molecule has 3 aromatic rings. The van der Waals surface area contributed by atoms with Crippen LogP contribution in [0.1, 0.15) is 29.8 Å². The Labute approximate surface area is 136 Å². The summed E-state index contributed by atoms with van der Waals surface area (Å²) in [5.41, 5.74) is 4.22. The number of benzene rings is 2. The van der Waals surface area contributed by atoms with Crippen LogP contribution in [0.15, 0.2) is 48.5 Å². The molecule has 1 aromatic heterocycles. The number of H-pyrrole nitrogens is 1. The highest BCUT2D eigenvalue weighted by atomic mass is 16.2. The number of rotatable bonds is 4. The van der Waals surface area contributed by atoms with Gasteiger partial charge in [0.25, 0.3) is 0 Å². The molecule has 0 spiro atoms. The molecule has 4 heteroatoms. The minimum atomic E-state index is -0.295. The highest BCUT2D eigenvalue weighted by Crippen LogP contribution is 2.20. The predicted octanol–water partition coefficient (Wildman–Crippen LogP) is 3.63. The lowest BCUT2D eigenvalue weighted by Crippen LogP contribution is -2.30. The van der Waals surface area contributed by atoms with E-state index in [4.69, 9.17) is 0 Å². The summed E-state index contributed by atoms with van der Waals surface area (Å²) in [5, 5.41) is 0. The molecule has 1 N–H and O–H groups in total. The Kier molecular flexibility index (Phi) is 4.15. The molecular weight excluding hydrogens is 286 g/mol. The molecule has 0 saturated heterocycles. The number of nitrogens with zero attached hydrogens (tertiary/aromatic N) is 2. The number of hydrogen-bond donors (Lipinski definition) is 1. The van der Waals surface area contributed by atoms with Gasteiger partial charge in [-0.3, -0.25) is 4.79 Å². The molecule has 0 fully saturated rings. The molecule has 0 aliphatic carbocycles. The number of fused-ring (bicyclic) bond motifs is 1. The van der Waals surface area contributed by atoms with Gasteiger partial charge in [0.05, 0.1) is 17.0 Å². The van der Waals surface area contributed by atoms with Crippen LogP contribution in [-0.4, -0.2) is 27.8 Å². The number of carbonyl (C=O) groups is 1. The van der Waals surface area contributed by atoms with Gasteiger partial charge in [0.2, 0.25) is 5.91 Å². The van der Waals surface area contributed by atoms with Crippen LogP contribution in [0.2, 0.25) is 0 Å². The molecule has 2 aromatic carbocycles. The largest absolute Gasteiger partial charge is 0.341 e. The zero-order valence-electron chi connectivity index (χ0n) is 13.7. The van der Waals surface area contributed by atoms with Crippen molar-refractivity contribution in [3.63, 3.8) is 0 Å². The van der Waals surface area contributed by atoms with E-state index in [9.17, 15) is 4.79 Å². The predicted molar refractivity (Wildman–Crippen MR) is 92.2 cm³/mol. The van der Waals surface area contributed by atoms with Crippen molar-refractivity contribution in [1.82, 2.24) is 14.9 Å². The molecule has 0 saturated carbocycles. The Morgan fingerprint density at radius 3 is 2.61 bits per heavy atom. The molecule has 1 amide bonds. The Bertz CT molecular complexity index is 804. The maximum atomic E-state index is 12.7. The van der Waals surface area contributed by atoms with Crippen molar-refractivity contribution in [2.45, 2.75) is 26.3 Å². The van der Waals surface area contributed by atoms with Crippen LogP contribution in [0.4, 0.5) is 0 Å². The zero-order valence-corrected chi connectivity index (χ0v) is 13.7. The lowest BCUT2D eigenvalue weighted by Gasteiger charge is -2.21. The van der Waals surface area contributed by atoms with E-state index >= 15 is 0 Å². The van der Waals surface area contributed by atoms with Gasteiger partial charge in [-0.25, -0.2) is 4.98 Å². The number of imidazole rings is 1. The number of hydrogen-bond acceptors (Lipinski definition) is 2. The minimum Gasteiger partial charge on any atom is -0.341 e. The monoisotopic (exact) mass is 307 g/mol. The van der Waals surface area contributed by atoms with Crippen molar-refractivity contribution in [1.29, 1.82) is 0 Å². The average molecular weight is 307 g/mol. The first-order chi connectivity index (χ1) is 11.1. The molecule has 0 radical (unpaired) electrons. The van der Waals surface area contributed by atoms with E-state index in [2.05, 4.69) is 29.0 Å². The molecule has 3 rings (SSSR count). The normalized spacial score (nSPS) is 12.3. The topological polar surface area (TPSA) is 49.0 Å². The third kappa shape index (κ3) is 3.11. The maximum absolute atomic E-state index is 12.7. The fourth-order valence-electron chi connectivity index (χ4n) is 2.75. The van der Waals surface area contributed by atoms with Gasteiger partial charge in [-0.15, -0.1) is 0 Å². The lowest BCUT2D eigenvalue weighted by molar-refractivity contribution is -0.131. The minimum absolute atomic E-state index is 0.0623. The molecule has 1 heterocycles. The number of carbonyl (C=O) groups excluding carboxylic acids is 1. The number of aryl methyl sites for hydroxylation is 1. The van der Waals surface area contributed by atoms with Crippen molar-refractivity contribution in [2.24, 2.45) is 0 Å². The summed E-state index contributed by atoms with van der Waals surface area (Å²) in [7, 11) is 1.84. The van der Waals surface area contributed by atoms with Crippen molar-refractivity contribution in [2.75, 3.05) is 7.05 Å². The van der Waals surface area contributed by atoms with E-state index < -0.39 is 0 Å². The van der Waals surface area contributed by atoms with Crippen molar-refractivity contribution >= 4 is 16.9 Å².